The lowest BCUT2D eigenvalue weighted by Gasteiger charge is -2.26. The normalized spacial score (nSPS) is 14.8. The van der Waals surface area contributed by atoms with Crippen molar-refractivity contribution in [2.75, 3.05) is 44.8 Å². The third-order valence-corrected chi connectivity index (χ3v) is 3.68. The van der Waals surface area contributed by atoms with E-state index in [0.29, 0.717) is 18.4 Å². The first-order valence-corrected chi connectivity index (χ1v) is 7.93. The lowest BCUT2D eigenvalue weighted by atomic mass is 10.2. The van der Waals surface area contributed by atoms with E-state index in [1.54, 1.807) is 12.3 Å². The van der Waals surface area contributed by atoms with E-state index < -0.39 is 0 Å². The molecule has 0 aliphatic carbocycles. The summed E-state index contributed by atoms with van der Waals surface area (Å²) in [5, 5.41) is 3.21. The maximum absolute atomic E-state index is 5.65. The number of aromatic nitrogens is 2. The third kappa shape index (κ3) is 4.69. The van der Waals surface area contributed by atoms with Crippen molar-refractivity contribution in [3.63, 3.8) is 0 Å². The number of benzene rings is 1. The van der Waals surface area contributed by atoms with Gasteiger partial charge in [-0.15, -0.1) is 6.42 Å². The van der Waals surface area contributed by atoms with Gasteiger partial charge in [0.15, 0.2) is 0 Å². The molecule has 6 nitrogen and oxygen atoms in total. The summed E-state index contributed by atoms with van der Waals surface area (Å²) in [7, 11) is 0. The van der Waals surface area contributed by atoms with Crippen molar-refractivity contribution in [3.05, 3.63) is 42.1 Å². The van der Waals surface area contributed by atoms with E-state index in [9.17, 15) is 0 Å². The molecule has 0 unspecified atom stereocenters. The van der Waals surface area contributed by atoms with Crippen LogP contribution in [0.1, 0.15) is 5.56 Å². The summed E-state index contributed by atoms with van der Waals surface area (Å²) >= 11 is 0. The monoisotopic (exact) mass is 324 g/mol. The van der Waals surface area contributed by atoms with Crippen LogP contribution in [-0.4, -0.2) is 54.3 Å². The Labute approximate surface area is 141 Å². The number of hydrogen-bond acceptors (Lipinski definition) is 6. The molecule has 6 heteroatoms. The van der Waals surface area contributed by atoms with E-state index in [1.807, 2.05) is 24.3 Å². The van der Waals surface area contributed by atoms with E-state index in [1.165, 1.54) is 0 Å². The molecule has 1 aromatic heterocycles. The van der Waals surface area contributed by atoms with Crippen LogP contribution >= 0.6 is 0 Å². The molecule has 1 N–H and O–H groups in total. The third-order valence-electron chi connectivity index (χ3n) is 3.68. The van der Waals surface area contributed by atoms with Crippen LogP contribution in [0.25, 0.3) is 0 Å². The number of hydrogen-bond donors (Lipinski definition) is 1. The SMILES string of the molecule is C#Cc1cccc(Nc2ccnc(OCCN3CCOCC3)n2)c1. The van der Waals surface area contributed by atoms with Crippen LogP contribution in [-0.2, 0) is 4.74 Å². The zero-order chi connectivity index (χ0) is 16.6. The van der Waals surface area contributed by atoms with Gasteiger partial charge in [-0.2, -0.15) is 4.98 Å². The lowest BCUT2D eigenvalue weighted by molar-refractivity contribution is 0.0317. The van der Waals surface area contributed by atoms with Crippen molar-refractivity contribution in [2.45, 2.75) is 0 Å². The Kier molecular flexibility index (Phi) is 5.61. The molecular weight excluding hydrogens is 304 g/mol. The first-order valence-electron chi connectivity index (χ1n) is 7.93. The van der Waals surface area contributed by atoms with Gasteiger partial charge in [0.2, 0.25) is 0 Å². The second-order valence-electron chi connectivity index (χ2n) is 5.38. The number of nitrogens with zero attached hydrogens (tertiary/aromatic N) is 3. The molecule has 0 atom stereocenters. The van der Waals surface area contributed by atoms with Crippen molar-refractivity contribution in [3.8, 4) is 18.4 Å². The largest absolute Gasteiger partial charge is 0.462 e. The molecule has 124 valence electrons. The summed E-state index contributed by atoms with van der Waals surface area (Å²) in [5.41, 5.74) is 1.69. The van der Waals surface area contributed by atoms with Gasteiger partial charge in [0.1, 0.15) is 12.4 Å². The van der Waals surface area contributed by atoms with Crippen molar-refractivity contribution in [1.82, 2.24) is 14.9 Å². The number of ether oxygens (including phenoxy) is 2. The van der Waals surface area contributed by atoms with Crippen molar-refractivity contribution >= 4 is 11.5 Å². The predicted molar refractivity (Wildman–Crippen MR) is 92.4 cm³/mol. The van der Waals surface area contributed by atoms with Gasteiger partial charge in [0, 0.05) is 37.1 Å². The molecule has 3 rings (SSSR count). The number of anilines is 2. The fourth-order valence-electron chi connectivity index (χ4n) is 2.41. The molecule has 0 spiro atoms. The van der Waals surface area contributed by atoms with Crippen LogP contribution in [0.4, 0.5) is 11.5 Å². The fraction of sp³-hybridized carbons (Fsp3) is 0.333. The van der Waals surface area contributed by atoms with Crippen LogP contribution in [0.2, 0.25) is 0 Å². The summed E-state index contributed by atoms with van der Waals surface area (Å²) in [6.45, 7) is 4.85. The van der Waals surface area contributed by atoms with E-state index in [2.05, 4.69) is 26.1 Å². The van der Waals surface area contributed by atoms with Gasteiger partial charge in [0.05, 0.1) is 13.2 Å². The van der Waals surface area contributed by atoms with Gasteiger partial charge in [0.25, 0.3) is 0 Å². The van der Waals surface area contributed by atoms with E-state index in [4.69, 9.17) is 15.9 Å². The Balaban J connectivity index is 1.54. The summed E-state index contributed by atoms with van der Waals surface area (Å²) in [6, 6.07) is 9.76. The molecule has 24 heavy (non-hydrogen) atoms. The highest BCUT2D eigenvalue weighted by Gasteiger charge is 2.10. The highest BCUT2D eigenvalue weighted by molar-refractivity contribution is 5.58. The molecule has 1 aliphatic heterocycles. The topological polar surface area (TPSA) is 59.5 Å². The Morgan fingerprint density at radius 3 is 3.00 bits per heavy atom. The van der Waals surface area contributed by atoms with E-state index in [-0.39, 0.29) is 0 Å². The smallest absolute Gasteiger partial charge is 0.318 e. The molecule has 2 aromatic rings. The van der Waals surface area contributed by atoms with E-state index in [0.717, 1.165) is 44.1 Å². The van der Waals surface area contributed by atoms with Gasteiger partial charge in [-0.25, -0.2) is 4.98 Å². The molecule has 0 radical (unpaired) electrons. The molecule has 1 aromatic carbocycles. The zero-order valence-electron chi connectivity index (χ0n) is 13.4. The number of morpholine rings is 1. The fourth-order valence-corrected chi connectivity index (χ4v) is 2.41. The molecule has 0 saturated carbocycles. The Morgan fingerprint density at radius 2 is 2.17 bits per heavy atom. The van der Waals surface area contributed by atoms with Crippen LogP contribution in [0.3, 0.4) is 0 Å². The average molecular weight is 324 g/mol. The molecular formula is C18H20N4O2. The molecule has 2 heterocycles. The standard InChI is InChI=1S/C18H20N4O2/c1-2-15-4-3-5-16(14-15)20-17-6-7-19-18(21-17)24-13-10-22-8-11-23-12-9-22/h1,3-7,14H,8-13H2,(H,19,20,21). The first-order chi connectivity index (χ1) is 11.8. The Morgan fingerprint density at radius 1 is 1.29 bits per heavy atom. The summed E-state index contributed by atoms with van der Waals surface area (Å²) in [6.07, 6.45) is 7.09. The minimum Gasteiger partial charge on any atom is -0.462 e. The van der Waals surface area contributed by atoms with Gasteiger partial charge in [-0.05, 0) is 24.3 Å². The van der Waals surface area contributed by atoms with Crippen molar-refractivity contribution in [1.29, 1.82) is 0 Å². The molecule has 0 amide bonds. The highest BCUT2D eigenvalue weighted by atomic mass is 16.5. The molecule has 1 aliphatic rings. The van der Waals surface area contributed by atoms with Gasteiger partial charge in [-0.3, -0.25) is 4.90 Å². The Bertz CT molecular complexity index is 708. The van der Waals surface area contributed by atoms with Crippen LogP contribution in [0.15, 0.2) is 36.5 Å². The lowest BCUT2D eigenvalue weighted by Crippen LogP contribution is -2.38. The van der Waals surface area contributed by atoms with Crippen molar-refractivity contribution < 1.29 is 9.47 Å². The summed E-state index contributed by atoms with van der Waals surface area (Å²) in [5.74, 6) is 3.28. The molecule has 0 bridgehead atoms. The van der Waals surface area contributed by atoms with Crippen LogP contribution < -0.4 is 10.1 Å². The Hall–Kier alpha value is -2.62. The van der Waals surface area contributed by atoms with Crippen molar-refractivity contribution in [2.24, 2.45) is 0 Å². The first kappa shape index (κ1) is 16.2. The molecule has 1 fully saturated rings. The highest BCUT2D eigenvalue weighted by Crippen LogP contribution is 2.17. The maximum atomic E-state index is 5.65. The van der Waals surface area contributed by atoms with Crippen LogP contribution in [0, 0.1) is 12.3 Å². The predicted octanol–water partition coefficient (Wildman–Crippen LogP) is 1.91. The minimum atomic E-state index is 0.362. The average Bonchev–Trinajstić information content (AvgIpc) is 2.63. The van der Waals surface area contributed by atoms with Gasteiger partial charge < -0.3 is 14.8 Å². The van der Waals surface area contributed by atoms with Gasteiger partial charge in [-0.1, -0.05) is 12.0 Å². The zero-order valence-corrected chi connectivity index (χ0v) is 13.4. The quantitative estimate of drug-likeness (QED) is 0.819. The number of nitrogens with one attached hydrogen (secondary N) is 1. The molecule has 1 saturated heterocycles. The van der Waals surface area contributed by atoms with E-state index >= 15 is 0 Å². The second-order valence-corrected chi connectivity index (χ2v) is 5.38. The van der Waals surface area contributed by atoms with Crippen LogP contribution in [0.5, 0.6) is 6.01 Å². The maximum Gasteiger partial charge on any atom is 0.318 e. The second kappa shape index (κ2) is 8.29. The summed E-state index contributed by atoms with van der Waals surface area (Å²) in [4.78, 5) is 10.8. The number of terminal acetylenes is 1. The minimum absolute atomic E-state index is 0.362. The van der Waals surface area contributed by atoms with Gasteiger partial charge >= 0.3 is 6.01 Å². The number of rotatable bonds is 6. The summed E-state index contributed by atoms with van der Waals surface area (Å²) < 4.78 is 11.0.